The van der Waals surface area contributed by atoms with Crippen molar-refractivity contribution in [1.29, 1.82) is 0 Å². The van der Waals surface area contributed by atoms with Crippen molar-refractivity contribution in [2.45, 2.75) is 13.8 Å². The number of carbonyl (C=O) groups is 2. The molecule has 5 heteroatoms. The topological polar surface area (TPSA) is 58.6 Å². The summed E-state index contributed by atoms with van der Waals surface area (Å²) in [6.45, 7) is 3.68. The van der Waals surface area contributed by atoms with Gasteiger partial charge < -0.3 is 15.0 Å². The van der Waals surface area contributed by atoms with Crippen LogP contribution in [0.25, 0.3) is 0 Å². The SMILES string of the molecule is CCOC(=O)C=C(C)NC(=O)c1cccc(N(C)C)c1. The first-order valence-electron chi connectivity index (χ1n) is 6.37. The summed E-state index contributed by atoms with van der Waals surface area (Å²) in [7, 11) is 3.81. The number of nitrogens with one attached hydrogen (secondary N) is 1. The third-order valence-electron chi connectivity index (χ3n) is 2.56. The van der Waals surface area contributed by atoms with Crippen molar-refractivity contribution in [1.82, 2.24) is 5.32 Å². The molecule has 0 aromatic heterocycles. The van der Waals surface area contributed by atoms with Gasteiger partial charge in [-0.2, -0.15) is 0 Å². The summed E-state index contributed by atoms with van der Waals surface area (Å²) >= 11 is 0. The molecule has 1 aromatic rings. The minimum Gasteiger partial charge on any atom is -0.463 e. The number of nitrogens with zero attached hydrogens (tertiary/aromatic N) is 1. The average molecular weight is 276 g/mol. The summed E-state index contributed by atoms with van der Waals surface area (Å²) in [5.74, 6) is -0.723. The molecule has 0 saturated carbocycles. The summed E-state index contributed by atoms with van der Waals surface area (Å²) in [6, 6.07) is 7.24. The van der Waals surface area contributed by atoms with E-state index in [1.807, 2.05) is 31.1 Å². The van der Waals surface area contributed by atoms with Gasteiger partial charge in [-0.3, -0.25) is 4.79 Å². The van der Waals surface area contributed by atoms with Gasteiger partial charge in [-0.25, -0.2) is 4.79 Å². The van der Waals surface area contributed by atoms with Crippen LogP contribution in [0.2, 0.25) is 0 Å². The Morgan fingerprint density at radius 3 is 2.65 bits per heavy atom. The highest BCUT2D eigenvalue weighted by Crippen LogP contribution is 2.13. The molecule has 0 aliphatic carbocycles. The maximum absolute atomic E-state index is 12.0. The molecule has 0 atom stereocenters. The second-order valence-corrected chi connectivity index (χ2v) is 4.48. The van der Waals surface area contributed by atoms with Crippen LogP contribution in [0, 0.1) is 0 Å². The number of hydrogen-bond donors (Lipinski definition) is 1. The number of rotatable bonds is 5. The van der Waals surface area contributed by atoms with Crippen LogP contribution in [-0.2, 0) is 9.53 Å². The fraction of sp³-hybridized carbons (Fsp3) is 0.333. The Morgan fingerprint density at radius 2 is 2.05 bits per heavy atom. The van der Waals surface area contributed by atoms with Gasteiger partial charge in [-0.05, 0) is 32.0 Å². The van der Waals surface area contributed by atoms with Gasteiger partial charge in [-0.1, -0.05) is 6.07 Å². The Labute approximate surface area is 119 Å². The van der Waals surface area contributed by atoms with Crippen molar-refractivity contribution in [2.24, 2.45) is 0 Å². The first-order chi connectivity index (χ1) is 9.43. The number of allylic oxidation sites excluding steroid dienone is 1. The molecule has 0 aliphatic rings. The number of amides is 1. The fourth-order valence-electron chi connectivity index (χ4n) is 1.57. The summed E-state index contributed by atoms with van der Waals surface area (Å²) in [5, 5.41) is 2.65. The highest BCUT2D eigenvalue weighted by Gasteiger charge is 2.08. The Hall–Kier alpha value is -2.30. The van der Waals surface area contributed by atoms with E-state index in [0.717, 1.165) is 5.69 Å². The number of esters is 1. The van der Waals surface area contributed by atoms with Crippen LogP contribution in [0.4, 0.5) is 5.69 Å². The normalized spacial score (nSPS) is 10.9. The predicted octanol–water partition coefficient (Wildman–Crippen LogP) is 1.95. The van der Waals surface area contributed by atoms with Gasteiger partial charge in [0.05, 0.1) is 6.61 Å². The molecule has 108 valence electrons. The maximum Gasteiger partial charge on any atom is 0.332 e. The lowest BCUT2D eigenvalue weighted by molar-refractivity contribution is -0.137. The molecular formula is C15H20N2O3. The van der Waals surface area contributed by atoms with E-state index in [1.165, 1.54) is 6.08 Å². The molecule has 0 spiro atoms. The van der Waals surface area contributed by atoms with E-state index >= 15 is 0 Å². The fourth-order valence-corrected chi connectivity index (χ4v) is 1.57. The third kappa shape index (κ3) is 4.76. The maximum atomic E-state index is 12.0. The number of benzene rings is 1. The van der Waals surface area contributed by atoms with Crippen LogP contribution in [0.5, 0.6) is 0 Å². The third-order valence-corrected chi connectivity index (χ3v) is 2.56. The Balaban J connectivity index is 2.76. The minimum absolute atomic E-state index is 0.258. The van der Waals surface area contributed by atoms with Gasteiger partial charge in [0.2, 0.25) is 0 Å². The molecule has 5 nitrogen and oxygen atoms in total. The van der Waals surface area contributed by atoms with Crippen molar-refractivity contribution in [3.8, 4) is 0 Å². The smallest absolute Gasteiger partial charge is 0.332 e. The highest BCUT2D eigenvalue weighted by molar-refractivity contribution is 5.96. The number of ether oxygens (including phenoxy) is 1. The van der Waals surface area contributed by atoms with E-state index in [2.05, 4.69) is 5.32 Å². The van der Waals surface area contributed by atoms with Crippen LogP contribution in [0.15, 0.2) is 36.0 Å². The molecule has 0 heterocycles. The van der Waals surface area contributed by atoms with E-state index < -0.39 is 5.97 Å². The summed E-state index contributed by atoms with van der Waals surface area (Å²) < 4.78 is 4.78. The van der Waals surface area contributed by atoms with Crippen molar-refractivity contribution in [3.05, 3.63) is 41.6 Å². The Morgan fingerprint density at radius 1 is 1.35 bits per heavy atom. The molecule has 1 N–H and O–H groups in total. The summed E-state index contributed by atoms with van der Waals surface area (Å²) in [4.78, 5) is 25.2. The zero-order valence-corrected chi connectivity index (χ0v) is 12.3. The number of anilines is 1. The molecule has 0 aliphatic heterocycles. The van der Waals surface area contributed by atoms with Gasteiger partial charge in [0.1, 0.15) is 0 Å². The van der Waals surface area contributed by atoms with Crippen LogP contribution in [0.3, 0.4) is 0 Å². The van der Waals surface area contributed by atoms with Crippen LogP contribution in [-0.4, -0.2) is 32.6 Å². The Kier molecular flexibility index (Phi) is 5.77. The second kappa shape index (κ2) is 7.33. The van der Waals surface area contributed by atoms with Gasteiger partial charge in [0.15, 0.2) is 0 Å². The number of hydrogen-bond acceptors (Lipinski definition) is 4. The van der Waals surface area contributed by atoms with E-state index in [0.29, 0.717) is 17.9 Å². The van der Waals surface area contributed by atoms with Gasteiger partial charge in [0, 0.05) is 37.1 Å². The first-order valence-corrected chi connectivity index (χ1v) is 6.37. The zero-order chi connectivity index (χ0) is 15.1. The second-order valence-electron chi connectivity index (χ2n) is 4.48. The van der Waals surface area contributed by atoms with Crippen molar-refractivity contribution >= 4 is 17.6 Å². The standard InChI is InChI=1S/C15H20N2O3/c1-5-20-14(18)9-11(2)16-15(19)12-7-6-8-13(10-12)17(3)4/h6-10H,5H2,1-4H3,(H,16,19). The highest BCUT2D eigenvalue weighted by atomic mass is 16.5. The molecule has 0 bridgehead atoms. The van der Waals surface area contributed by atoms with Crippen molar-refractivity contribution in [3.63, 3.8) is 0 Å². The predicted molar refractivity (Wildman–Crippen MR) is 78.6 cm³/mol. The first kappa shape index (κ1) is 15.8. The largest absolute Gasteiger partial charge is 0.463 e. The van der Waals surface area contributed by atoms with Crippen LogP contribution >= 0.6 is 0 Å². The molecule has 1 aromatic carbocycles. The quantitative estimate of drug-likeness (QED) is 0.659. The van der Waals surface area contributed by atoms with E-state index in [9.17, 15) is 9.59 Å². The molecule has 1 rings (SSSR count). The molecule has 1 amide bonds. The van der Waals surface area contributed by atoms with Gasteiger partial charge in [0.25, 0.3) is 5.91 Å². The zero-order valence-electron chi connectivity index (χ0n) is 12.3. The van der Waals surface area contributed by atoms with Crippen LogP contribution < -0.4 is 10.2 Å². The van der Waals surface area contributed by atoms with Gasteiger partial charge in [-0.15, -0.1) is 0 Å². The molecule has 0 radical (unpaired) electrons. The monoisotopic (exact) mass is 276 g/mol. The molecular weight excluding hydrogens is 256 g/mol. The molecule has 20 heavy (non-hydrogen) atoms. The van der Waals surface area contributed by atoms with Crippen LogP contribution in [0.1, 0.15) is 24.2 Å². The molecule has 0 fully saturated rings. The van der Waals surface area contributed by atoms with Gasteiger partial charge >= 0.3 is 5.97 Å². The number of carbonyl (C=O) groups excluding carboxylic acids is 2. The van der Waals surface area contributed by atoms with Crippen molar-refractivity contribution in [2.75, 3.05) is 25.6 Å². The summed E-state index contributed by atoms with van der Waals surface area (Å²) in [6.07, 6.45) is 1.26. The molecule has 0 unspecified atom stereocenters. The van der Waals surface area contributed by atoms with E-state index in [4.69, 9.17) is 4.74 Å². The lowest BCUT2D eigenvalue weighted by Crippen LogP contribution is -2.22. The Bertz CT molecular complexity index is 522. The molecule has 0 saturated heterocycles. The van der Waals surface area contributed by atoms with Crippen molar-refractivity contribution < 1.29 is 14.3 Å². The lowest BCUT2D eigenvalue weighted by atomic mass is 10.2. The van der Waals surface area contributed by atoms with E-state index in [-0.39, 0.29) is 5.91 Å². The average Bonchev–Trinajstić information content (AvgIpc) is 2.38. The van der Waals surface area contributed by atoms with E-state index in [1.54, 1.807) is 26.0 Å². The minimum atomic E-state index is -0.465. The lowest BCUT2D eigenvalue weighted by Gasteiger charge is -2.13. The summed E-state index contributed by atoms with van der Waals surface area (Å²) in [5.41, 5.74) is 1.92.